The van der Waals surface area contributed by atoms with Crippen molar-refractivity contribution in [1.29, 1.82) is 0 Å². The van der Waals surface area contributed by atoms with E-state index in [1.165, 1.54) is 27.6 Å². The maximum Gasteiger partial charge on any atom is 0.350 e. The van der Waals surface area contributed by atoms with E-state index < -0.39 is 5.97 Å². The number of esters is 1. The van der Waals surface area contributed by atoms with Crippen LogP contribution < -0.4 is 4.90 Å². The Morgan fingerprint density at radius 2 is 1.87 bits per heavy atom. The van der Waals surface area contributed by atoms with Crippen LogP contribution in [0.25, 0.3) is 20.9 Å². The maximum atomic E-state index is 12.7. The van der Waals surface area contributed by atoms with E-state index in [-0.39, 0.29) is 12.5 Å². The smallest absolute Gasteiger partial charge is 0.350 e. The molecule has 152 valence electrons. The SMILES string of the molecule is CCN(C(=O)COC(=O)c1sc(-c2ccccn2)nc1C)c1nc2ccccc2s1. The molecule has 0 fully saturated rings. The van der Waals surface area contributed by atoms with Crippen LogP contribution in [0.5, 0.6) is 0 Å². The molecule has 3 aromatic heterocycles. The third-order valence-corrected chi connectivity index (χ3v) is 6.54. The lowest BCUT2D eigenvalue weighted by atomic mass is 10.3. The van der Waals surface area contributed by atoms with Gasteiger partial charge in [0.2, 0.25) is 0 Å². The first kappa shape index (κ1) is 20.1. The molecule has 0 saturated heterocycles. The quantitative estimate of drug-likeness (QED) is 0.417. The molecule has 4 aromatic rings. The average molecular weight is 439 g/mol. The molecule has 30 heavy (non-hydrogen) atoms. The van der Waals surface area contributed by atoms with Crippen molar-refractivity contribution in [2.45, 2.75) is 13.8 Å². The summed E-state index contributed by atoms with van der Waals surface area (Å²) < 4.78 is 6.29. The third kappa shape index (κ3) is 4.07. The lowest BCUT2D eigenvalue weighted by Gasteiger charge is -2.17. The van der Waals surface area contributed by atoms with E-state index in [1.54, 1.807) is 13.1 Å². The molecule has 0 unspecified atom stereocenters. The summed E-state index contributed by atoms with van der Waals surface area (Å²) in [6.07, 6.45) is 1.67. The van der Waals surface area contributed by atoms with Gasteiger partial charge in [-0.1, -0.05) is 29.5 Å². The number of hydrogen-bond donors (Lipinski definition) is 0. The summed E-state index contributed by atoms with van der Waals surface area (Å²) in [6, 6.07) is 13.2. The van der Waals surface area contributed by atoms with E-state index in [0.29, 0.717) is 32.9 Å². The van der Waals surface area contributed by atoms with E-state index in [2.05, 4.69) is 15.0 Å². The Hall–Kier alpha value is -3.17. The van der Waals surface area contributed by atoms with Crippen molar-refractivity contribution < 1.29 is 14.3 Å². The Kier molecular flexibility index (Phi) is 5.82. The molecule has 0 bridgehead atoms. The molecule has 0 saturated carbocycles. The number of carbonyl (C=O) groups excluding carboxylic acids is 2. The minimum absolute atomic E-state index is 0.322. The van der Waals surface area contributed by atoms with Crippen LogP contribution in [-0.4, -0.2) is 40.0 Å². The van der Waals surface area contributed by atoms with Gasteiger partial charge in [0.05, 0.1) is 21.6 Å². The number of anilines is 1. The Labute approximate surface area is 181 Å². The van der Waals surface area contributed by atoms with Crippen molar-refractivity contribution in [1.82, 2.24) is 15.0 Å². The highest BCUT2D eigenvalue weighted by atomic mass is 32.1. The van der Waals surface area contributed by atoms with Gasteiger partial charge in [-0.3, -0.25) is 14.7 Å². The predicted molar refractivity (Wildman–Crippen MR) is 118 cm³/mol. The normalized spacial score (nSPS) is 10.9. The van der Waals surface area contributed by atoms with Crippen LogP contribution in [0.3, 0.4) is 0 Å². The van der Waals surface area contributed by atoms with Crippen molar-refractivity contribution in [3.8, 4) is 10.7 Å². The number of aryl methyl sites for hydroxylation is 1. The van der Waals surface area contributed by atoms with Crippen LogP contribution in [0.2, 0.25) is 0 Å². The monoisotopic (exact) mass is 438 g/mol. The fraction of sp³-hybridized carbons (Fsp3) is 0.190. The van der Waals surface area contributed by atoms with Crippen molar-refractivity contribution in [3.05, 3.63) is 59.2 Å². The average Bonchev–Trinajstić information content (AvgIpc) is 3.36. The van der Waals surface area contributed by atoms with Gasteiger partial charge in [0, 0.05) is 12.7 Å². The van der Waals surface area contributed by atoms with Crippen LogP contribution in [0, 0.1) is 6.92 Å². The summed E-state index contributed by atoms with van der Waals surface area (Å²) in [5.41, 5.74) is 2.08. The highest BCUT2D eigenvalue weighted by Crippen LogP contribution is 2.29. The number of fused-ring (bicyclic) bond motifs is 1. The second-order valence-corrected chi connectivity index (χ2v) is 8.33. The number of carbonyl (C=O) groups is 2. The highest BCUT2D eigenvalue weighted by molar-refractivity contribution is 7.22. The van der Waals surface area contributed by atoms with Crippen LogP contribution in [-0.2, 0) is 9.53 Å². The number of nitrogens with zero attached hydrogens (tertiary/aromatic N) is 4. The summed E-state index contributed by atoms with van der Waals surface area (Å²) in [6.45, 7) is 3.66. The van der Waals surface area contributed by atoms with Crippen molar-refractivity contribution in [2.24, 2.45) is 0 Å². The van der Waals surface area contributed by atoms with Crippen molar-refractivity contribution >= 4 is 49.9 Å². The predicted octanol–water partition coefficient (Wildman–Crippen LogP) is 4.33. The number of amides is 1. The van der Waals surface area contributed by atoms with Crippen molar-refractivity contribution in [3.63, 3.8) is 0 Å². The Balaban J connectivity index is 1.45. The number of hydrogen-bond acceptors (Lipinski definition) is 8. The third-order valence-electron chi connectivity index (χ3n) is 4.32. The van der Waals surface area contributed by atoms with Gasteiger partial charge < -0.3 is 4.74 Å². The van der Waals surface area contributed by atoms with E-state index in [9.17, 15) is 9.59 Å². The number of benzene rings is 1. The van der Waals surface area contributed by atoms with Gasteiger partial charge in [0.25, 0.3) is 5.91 Å². The molecule has 0 aliphatic carbocycles. The summed E-state index contributed by atoms with van der Waals surface area (Å²) in [5, 5.41) is 1.22. The fourth-order valence-corrected chi connectivity index (χ4v) is 4.83. The number of rotatable bonds is 6. The van der Waals surface area contributed by atoms with Gasteiger partial charge in [-0.15, -0.1) is 11.3 Å². The van der Waals surface area contributed by atoms with E-state index >= 15 is 0 Å². The number of ether oxygens (including phenoxy) is 1. The highest BCUT2D eigenvalue weighted by Gasteiger charge is 2.22. The van der Waals surface area contributed by atoms with E-state index in [4.69, 9.17) is 4.74 Å². The minimum Gasteiger partial charge on any atom is -0.451 e. The first-order valence-corrected chi connectivity index (χ1v) is 10.9. The molecule has 1 amide bonds. The summed E-state index contributed by atoms with van der Waals surface area (Å²) in [4.78, 5) is 40.3. The molecule has 3 heterocycles. The van der Waals surface area contributed by atoms with Gasteiger partial charge >= 0.3 is 5.97 Å². The van der Waals surface area contributed by atoms with E-state index in [1.807, 2.05) is 49.4 Å². The standard InChI is InChI=1S/C21H18N4O3S2/c1-3-25(21-24-14-8-4-5-10-16(14)29-21)17(26)12-28-20(27)18-13(2)23-19(30-18)15-9-6-7-11-22-15/h4-11H,3,12H2,1-2H3. The molecule has 1 aromatic carbocycles. The Bertz CT molecular complexity index is 1170. The number of pyridine rings is 1. The van der Waals surface area contributed by atoms with Gasteiger partial charge in [-0.2, -0.15) is 0 Å². The number of aromatic nitrogens is 3. The fourth-order valence-electron chi connectivity index (χ4n) is 2.85. The molecule has 7 nitrogen and oxygen atoms in total. The first-order chi connectivity index (χ1) is 14.6. The zero-order chi connectivity index (χ0) is 21.1. The van der Waals surface area contributed by atoms with Gasteiger partial charge in [0.15, 0.2) is 11.7 Å². The molecule has 0 N–H and O–H groups in total. The zero-order valence-corrected chi connectivity index (χ0v) is 18.0. The van der Waals surface area contributed by atoms with Crippen LogP contribution >= 0.6 is 22.7 Å². The number of para-hydroxylation sites is 1. The van der Waals surface area contributed by atoms with Crippen LogP contribution in [0.4, 0.5) is 5.13 Å². The largest absolute Gasteiger partial charge is 0.451 e. The van der Waals surface area contributed by atoms with Crippen molar-refractivity contribution in [2.75, 3.05) is 18.1 Å². The lowest BCUT2D eigenvalue weighted by molar-refractivity contribution is -0.121. The molecule has 0 spiro atoms. The summed E-state index contributed by atoms with van der Waals surface area (Å²) >= 11 is 2.63. The maximum absolute atomic E-state index is 12.7. The number of thiazole rings is 2. The minimum atomic E-state index is -0.569. The van der Waals surface area contributed by atoms with Gasteiger partial charge in [-0.05, 0) is 38.1 Å². The van der Waals surface area contributed by atoms with E-state index in [0.717, 1.165) is 10.2 Å². The Morgan fingerprint density at radius 3 is 2.60 bits per heavy atom. The lowest BCUT2D eigenvalue weighted by Crippen LogP contribution is -2.34. The second kappa shape index (κ2) is 8.68. The van der Waals surface area contributed by atoms with Gasteiger partial charge in [-0.25, -0.2) is 14.8 Å². The van der Waals surface area contributed by atoms with Crippen LogP contribution in [0.15, 0.2) is 48.7 Å². The molecule has 0 aliphatic rings. The summed E-state index contributed by atoms with van der Waals surface area (Å²) in [5.74, 6) is -0.891. The molecule has 4 rings (SSSR count). The molecule has 0 aliphatic heterocycles. The molecule has 0 radical (unpaired) electrons. The Morgan fingerprint density at radius 1 is 1.07 bits per heavy atom. The van der Waals surface area contributed by atoms with Crippen LogP contribution in [0.1, 0.15) is 22.3 Å². The molecule has 9 heteroatoms. The molecular formula is C21H18N4O3S2. The first-order valence-electron chi connectivity index (χ1n) is 9.28. The van der Waals surface area contributed by atoms with Gasteiger partial charge in [0.1, 0.15) is 9.88 Å². The number of likely N-dealkylation sites (N-methyl/N-ethyl adjacent to an activating group) is 1. The molecular weight excluding hydrogens is 420 g/mol. The second-order valence-electron chi connectivity index (χ2n) is 6.33. The topological polar surface area (TPSA) is 85.3 Å². The summed E-state index contributed by atoms with van der Waals surface area (Å²) in [7, 11) is 0. The molecule has 0 atom stereocenters. The zero-order valence-electron chi connectivity index (χ0n) is 16.4.